The zero-order valence-corrected chi connectivity index (χ0v) is 18.2. The maximum Gasteiger partial charge on any atom is 0.257 e. The number of rotatable bonds is 9. The second-order valence-electron chi connectivity index (χ2n) is 6.61. The molecule has 0 aliphatic rings. The lowest BCUT2D eigenvalue weighted by atomic mass is 10.2. The number of halogens is 3. The van der Waals surface area contributed by atoms with Crippen molar-refractivity contribution in [3.8, 4) is 0 Å². The summed E-state index contributed by atoms with van der Waals surface area (Å²) >= 11 is 6.17. The predicted octanol–water partition coefficient (Wildman–Crippen LogP) is 3.20. The molecule has 0 aliphatic heterocycles. The fraction of sp³-hybridized carbons (Fsp3) is 0.278. The quantitative estimate of drug-likeness (QED) is 0.493. The van der Waals surface area contributed by atoms with Crippen LogP contribution in [0, 0.1) is 0 Å². The molecule has 0 fully saturated rings. The van der Waals surface area contributed by atoms with Gasteiger partial charge in [0.15, 0.2) is 5.82 Å². The van der Waals surface area contributed by atoms with E-state index in [2.05, 4.69) is 25.7 Å². The van der Waals surface area contributed by atoms with Crippen LogP contribution in [-0.4, -0.2) is 53.0 Å². The van der Waals surface area contributed by atoms with Crippen LogP contribution in [0.4, 0.5) is 26.2 Å². The number of benzene rings is 1. The highest BCUT2D eigenvalue weighted by Gasteiger charge is 2.20. The number of nitrogens with zero attached hydrogens (tertiary/aromatic N) is 5. The summed E-state index contributed by atoms with van der Waals surface area (Å²) in [4.78, 5) is 8.50. The van der Waals surface area contributed by atoms with E-state index in [1.54, 1.807) is 18.2 Å². The topological polar surface area (TPSA) is 105 Å². The Bertz CT molecular complexity index is 1160. The Morgan fingerprint density at radius 2 is 1.97 bits per heavy atom. The van der Waals surface area contributed by atoms with Gasteiger partial charge in [0.2, 0.25) is 16.0 Å². The van der Waals surface area contributed by atoms with Crippen molar-refractivity contribution >= 4 is 39.1 Å². The van der Waals surface area contributed by atoms with E-state index in [-0.39, 0.29) is 28.2 Å². The van der Waals surface area contributed by atoms with Gasteiger partial charge in [-0.3, -0.25) is 4.68 Å². The lowest BCUT2D eigenvalue weighted by Gasteiger charge is -2.16. The summed E-state index contributed by atoms with van der Waals surface area (Å²) in [6.07, 6.45) is 1.62. The molecule has 0 spiro atoms. The minimum Gasteiger partial charge on any atom is -0.365 e. The number of aromatic nitrogens is 4. The van der Waals surface area contributed by atoms with Crippen molar-refractivity contribution in [3.63, 3.8) is 0 Å². The smallest absolute Gasteiger partial charge is 0.257 e. The molecular weight excluding hydrogens is 452 g/mol. The van der Waals surface area contributed by atoms with Gasteiger partial charge in [-0.2, -0.15) is 10.1 Å². The van der Waals surface area contributed by atoms with Crippen LogP contribution in [0.3, 0.4) is 0 Å². The molecule has 0 unspecified atom stereocenters. The van der Waals surface area contributed by atoms with Crippen LogP contribution in [-0.2, 0) is 23.1 Å². The van der Waals surface area contributed by atoms with Crippen LogP contribution in [0.25, 0.3) is 0 Å². The molecule has 0 amide bonds. The maximum absolute atomic E-state index is 12.5. The first-order valence-electron chi connectivity index (χ1n) is 9.01. The van der Waals surface area contributed by atoms with Gasteiger partial charge in [0.1, 0.15) is 11.6 Å². The Labute approximate surface area is 183 Å². The first-order valence-corrected chi connectivity index (χ1v) is 10.8. The maximum atomic E-state index is 12.5. The Hall–Kier alpha value is -2.83. The van der Waals surface area contributed by atoms with E-state index in [1.807, 2.05) is 0 Å². The lowest BCUT2D eigenvalue weighted by Crippen LogP contribution is -2.23. The van der Waals surface area contributed by atoms with Gasteiger partial charge in [0.25, 0.3) is 6.43 Å². The molecule has 2 aromatic heterocycles. The number of nitrogens with one attached hydrogen (secondary N) is 2. The van der Waals surface area contributed by atoms with Gasteiger partial charge in [-0.25, -0.2) is 26.5 Å². The second-order valence-corrected chi connectivity index (χ2v) is 9.13. The van der Waals surface area contributed by atoms with E-state index in [0.29, 0.717) is 11.3 Å². The number of alkyl halides is 2. The molecule has 31 heavy (non-hydrogen) atoms. The first kappa shape index (κ1) is 22.8. The minimum absolute atomic E-state index is 0.145. The molecule has 1 aromatic carbocycles. The van der Waals surface area contributed by atoms with Crippen LogP contribution in [0.5, 0.6) is 0 Å². The van der Waals surface area contributed by atoms with Gasteiger partial charge in [-0.1, -0.05) is 29.8 Å². The third-order valence-electron chi connectivity index (χ3n) is 4.14. The number of hydrogen-bond acceptors (Lipinski definition) is 7. The molecule has 0 saturated carbocycles. The summed E-state index contributed by atoms with van der Waals surface area (Å²) in [6, 6.07) is 6.60. The van der Waals surface area contributed by atoms with Crippen molar-refractivity contribution < 1.29 is 17.2 Å². The predicted molar refractivity (Wildman–Crippen MR) is 113 cm³/mol. The van der Waals surface area contributed by atoms with Crippen molar-refractivity contribution in [2.75, 3.05) is 24.7 Å². The van der Waals surface area contributed by atoms with Crippen molar-refractivity contribution in [1.29, 1.82) is 0 Å². The zero-order chi connectivity index (χ0) is 22.6. The van der Waals surface area contributed by atoms with Crippen LogP contribution >= 0.6 is 11.6 Å². The summed E-state index contributed by atoms with van der Waals surface area (Å²) < 4.78 is 52.2. The third kappa shape index (κ3) is 5.66. The van der Waals surface area contributed by atoms with E-state index in [4.69, 9.17) is 11.6 Å². The van der Waals surface area contributed by atoms with Crippen molar-refractivity contribution in [3.05, 3.63) is 53.4 Å². The molecule has 3 rings (SSSR count). The van der Waals surface area contributed by atoms with Crippen LogP contribution in [0.2, 0.25) is 5.02 Å². The van der Waals surface area contributed by atoms with E-state index in [1.165, 1.54) is 38.8 Å². The van der Waals surface area contributed by atoms with Crippen LogP contribution in [0.15, 0.2) is 47.8 Å². The number of anilines is 3. The highest BCUT2D eigenvalue weighted by atomic mass is 35.5. The average molecular weight is 472 g/mol. The Morgan fingerprint density at radius 1 is 1.23 bits per heavy atom. The highest BCUT2D eigenvalue weighted by molar-refractivity contribution is 7.89. The van der Waals surface area contributed by atoms with Gasteiger partial charge in [0, 0.05) is 26.8 Å². The van der Waals surface area contributed by atoms with E-state index >= 15 is 0 Å². The highest BCUT2D eigenvalue weighted by Crippen LogP contribution is 2.24. The van der Waals surface area contributed by atoms with Crippen molar-refractivity contribution in [2.45, 2.75) is 24.4 Å². The second kappa shape index (κ2) is 9.54. The number of sulfonamides is 1. The fourth-order valence-electron chi connectivity index (χ4n) is 2.63. The summed E-state index contributed by atoms with van der Waals surface area (Å²) in [6.45, 7) is -0.378. The largest absolute Gasteiger partial charge is 0.365 e. The Morgan fingerprint density at radius 3 is 2.68 bits per heavy atom. The Balaban J connectivity index is 1.76. The summed E-state index contributed by atoms with van der Waals surface area (Å²) in [7, 11) is -0.704. The molecular formula is C18H20ClF2N7O2S. The van der Waals surface area contributed by atoms with Gasteiger partial charge in [0.05, 0.1) is 23.0 Å². The average Bonchev–Trinajstić information content (AvgIpc) is 3.14. The van der Waals surface area contributed by atoms with Crippen LogP contribution in [0.1, 0.15) is 5.56 Å². The molecule has 13 heteroatoms. The summed E-state index contributed by atoms with van der Waals surface area (Å²) in [5, 5.41) is 9.93. The molecule has 2 heterocycles. The van der Waals surface area contributed by atoms with E-state index in [9.17, 15) is 17.2 Å². The van der Waals surface area contributed by atoms with Crippen LogP contribution < -0.4 is 10.6 Å². The van der Waals surface area contributed by atoms with E-state index in [0.717, 1.165) is 8.99 Å². The van der Waals surface area contributed by atoms with Gasteiger partial charge < -0.3 is 10.6 Å². The first-order chi connectivity index (χ1) is 14.7. The standard InChI is InChI=1S/C18H20ClF2N7O2S/c1-27(2)31(29,30)15-6-4-3-5-12(15)7-22-17-14(19)9-23-18(26-17)25-13-8-24-28(10-13)11-16(20)21/h3-6,8-10,16H,7,11H2,1-2H3,(H2,22,23,25,26). The third-order valence-corrected chi connectivity index (χ3v) is 6.33. The van der Waals surface area contributed by atoms with E-state index < -0.39 is 23.0 Å². The zero-order valence-electron chi connectivity index (χ0n) is 16.6. The molecule has 0 radical (unpaired) electrons. The molecule has 166 valence electrons. The van der Waals surface area contributed by atoms with Gasteiger partial charge >= 0.3 is 0 Å². The molecule has 0 aliphatic carbocycles. The van der Waals surface area contributed by atoms with Gasteiger partial charge in [-0.05, 0) is 11.6 Å². The fourth-order valence-corrected chi connectivity index (χ4v) is 3.90. The monoisotopic (exact) mass is 471 g/mol. The molecule has 2 N–H and O–H groups in total. The SMILES string of the molecule is CN(C)S(=O)(=O)c1ccccc1CNc1nc(Nc2cnn(CC(F)F)c2)ncc1Cl. The normalized spacial score (nSPS) is 11.8. The molecule has 0 saturated heterocycles. The number of hydrogen-bond donors (Lipinski definition) is 2. The lowest BCUT2D eigenvalue weighted by molar-refractivity contribution is 0.122. The van der Waals surface area contributed by atoms with Crippen molar-refractivity contribution in [2.24, 2.45) is 0 Å². The van der Waals surface area contributed by atoms with Gasteiger partial charge in [-0.15, -0.1) is 0 Å². The summed E-state index contributed by atoms with van der Waals surface area (Å²) in [5.41, 5.74) is 0.963. The summed E-state index contributed by atoms with van der Waals surface area (Å²) in [5.74, 6) is 0.439. The molecule has 0 atom stereocenters. The molecule has 0 bridgehead atoms. The molecule has 3 aromatic rings. The Kier molecular flexibility index (Phi) is 7.03. The minimum atomic E-state index is -3.62. The molecule has 9 nitrogen and oxygen atoms in total. The van der Waals surface area contributed by atoms with Crippen molar-refractivity contribution in [1.82, 2.24) is 24.1 Å².